The van der Waals surface area contributed by atoms with E-state index in [9.17, 15) is 4.79 Å². The molecule has 0 unspecified atom stereocenters. The number of hydrogen-bond acceptors (Lipinski definition) is 6. The molecule has 2 aromatic heterocycles. The summed E-state index contributed by atoms with van der Waals surface area (Å²) in [5, 5.41) is 3.88. The molecular formula is C14H8Br2N2O3S. The molecule has 0 aliphatic rings. The Kier molecular flexibility index (Phi) is 4.70. The second-order valence-corrected chi connectivity index (χ2v) is 7.58. The van der Waals surface area contributed by atoms with Gasteiger partial charge in [0.05, 0.1) is 3.79 Å². The van der Waals surface area contributed by atoms with Crippen LogP contribution in [0, 0.1) is 0 Å². The van der Waals surface area contributed by atoms with Crippen molar-refractivity contribution in [2.75, 3.05) is 0 Å². The first-order chi connectivity index (χ1) is 10.6. The van der Waals surface area contributed by atoms with E-state index in [-0.39, 0.29) is 12.5 Å². The van der Waals surface area contributed by atoms with Crippen LogP contribution in [0.5, 0.6) is 0 Å². The van der Waals surface area contributed by atoms with E-state index in [1.807, 2.05) is 24.3 Å². The zero-order chi connectivity index (χ0) is 15.5. The molecule has 0 atom stereocenters. The first kappa shape index (κ1) is 15.4. The predicted octanol–water partition coefficient (Wildman–Crippen LogP) is 4.68. The molecule has 0 spiro atoms. The largest absolute Gasteiger partial charge is 0.451 e. The number of benzene rings is 1. The maximum Gasteiger partial charge on any atom is 0.348 e. The van der Waals surface area contributed by atoms with Crippen molar-refractivity contribution in [3.8, 4) is 11.4 Å². The molecule has 3 aromatic rings. The summed E-state index contributed by atoms with van der Waals surface area (Å²) in [6.07, 6.45) is 0. The van der Waals surface area contributed by atoms with Crippen molar-refractivity contribution in [2.24, 2.45) is 0 Å². The fraction of sp³-hybridized carbons (Fsp3) is 0.0714. The molecule has 8 heteroatoms. The van der Waals surface area contributed by atoms with Gasteiger partial charge in [-0.15, -0.1) is 11.3 Å². The van der Waals surface area contributed by atoms with Gasteiger partial charge >= 0.3 is 5.97 Å². The fourth-order valence-corrected chi connectivity index (χ4v) is 3.36. The molecule has 1 aromatic carbocycles. The number of rotatable bonds is 4. The van der Waals surface area contributed by atoms with Crippen LogP contribution >= 0.6 is 43.2 Å². The Morgan fingerprint density at radius 3 is 2.86 bits per heavy atom. The van der Waals surface area contributed by atoms with E-state index < -0.39 is 5.97 Å². The van der Waals surface area contributed by atoms with E-state index in [0.29, 0.717) is 10.7 Å². The summed E-state index contributed by atoms with van der Waals surface area (Å²) in [5.74, 6) is 0.281. The lowest BCUT2D eigenvalue weighted by Crippen LogP contribution is -2.03. The fourth-order valence-electron chi connectivity index (χ4n) is 1.68. The molecule has 0 aliphatic carbocycles. The summed E-state index contributed by atoms with van der Waals surface area (Å²) >= 11 is 7.99. The Morgan fingerprint density at radius 1 is 1.27 bits per heavy atom. The van der Waals surface area contributed by atoms with Crippen molar-refractivity contribution in [3.05, 3.63) is 55.4 Å². The number of thiophene rings is 1. The maximum atomic E-state index is 11.8. The van der Waals surface area contributed by atoms with E-state index in [1.165, 1.54) is 11.3 Å². The molecule has 0 saturated carbocycles. The molecule has 0 aliphatic heterocycles. The summed E-state index contributed by atoms with van der Waals surface area (Å²) in [5.41, 5.74) is 0.817. The molecule has 0 bridgehead atoms. The van der Waals surface area contributed by atoms with Gasteiger partial charge in [0, 0.05) is 10.0 Å². The summed E-state index contributed by atoms with van der Waals surface area (Å²) in [4.78, 5) is 16.5. The molecule has 22 heavy (non-hydrogen) atoms. The van der Waals surface area contributed by atoms with E-state index in [1.54, 1.807) is 12.1 Å². The van der Waals surface area contributed by atoms with Gasteiger partial charge in [-0.1, -0.05) is 33.2 Å². The van der Waals surface area contributed by atoms with E-state index in [4.69, 9.17) is 9.26 Å². The average molecular weight is 444 g/mol. The first-order valence-corrected chi connectivity index (χ1v) is 8.53. The smallest absolute Gasteiger partial charge is 0.348 e. The average Bonchev–Trinajstić information content (AvgIpc) is 3.14. The van der Waals surface area contributed by atoms with Gasteiger partial charge < -0.3 is 9.26 Å². The standard InChI is InChI=1S/C14H8Br2N2O3S/c15-9-3-1-2-8(6-9)13-17-12(21-18-13)7-20-14(19)10-4-5-11(16)22-10/h1-6H,7H2. The SMILES string of the molecule is O=C(OCc1nc(-c2cccc(Br)c2)no1)c1ccc(Br)s1. The Labute approximate surface area is 146 Å². The van der Waals surface area contributed by atoms with E-state index in [2.05, 4.69) is 42.0 Å². The predicted molar refractivity (Wildman–Crippen MR) is 88.6 cm³/mol. The second-order valence-electron chi connectivity index (χ2n) is 4.20. The number of esters is 1. The van der Waals surface area contributed by atoms with Gasteiger partial charge in [0.25, 0.3) is 5.89 Å². The van der Waals surface area contributed by atoms with Crippen molar-refractivity contribution in [1.82, 2.24) is 10.1 Å². The lowest BCUT2D eigenvalue weighted by Gasteiger charge is -1.98. The van der Waals surface area contributed by atoms with Crippen LogP contribution in [-0.4, -0.2) is 16.1 Å². The number of carbonyl (C=O) groups excluding carboxylic acids is 1. The summed E-state index contributed by atoms with van der Waals surface area (Å²) in [7, 11) is 0. The summed E-state index contributed by atoms with van der Waals surface area (Å²) in [6, 6.07) is 11.0. The van der Waals surface area contributed by atoms with Gasteiger partial charge in [0.1, 0.15) is 4.88 Å². The number of nitrogens with zero attached hydrogens (tertiary/aromatic N) is 2. The number of halogens is 2. The molecule has 0 amide bonds. The lowest BCUT2D eigenvalue weighted by molar-refractivity contribution is 0.0435. The highest BCUT2D eigenvalue weighted by Gasteiger charge is 2.14. The van der Waals surface area contributed by atoms with Crippen LogP contribution in [-0.2, 0) is 11.3 Å². The molecule has 5 nitrogen and oxygen atoms in total. The van der Waals surface area contributed by atoms with Crippen LogP contribution in [0.15, 0.2) is 49.2 Å². The van der Waals surface area contributed by atoms with Crippen LogP contribution in [0.3, 0.4) is 0 Å². The Morgan fingerprint density at radius 2 is 2.14 bits per heavy atom. The minimum atomic E-state index is -0.419. The second kappa shape index (κ2) is 6.72. The van der Waals surface area contributed by atoms with Crippen molar-refractivity contribution in [3.63, 3.8) is 0 Å². The van der Waals surface area contributed by atoms with Crippen molar-refractivity contribution in [1.29, 1.82) is 0 Å². The molecule has 2 heterocycles. The molecule has 0 saturated heterocycles. The third-order valence-corrected chi connectivity index (χ3v) is 4.75. The first-order valence-electron chi connectivity index (χ1n) is 6.13. The highest BCUT2D eigenvalue weighted by atomic mass is 79.9. The normalized spacial score (nSPS) is 10.6. The number of carbonyl (C=O) groups is 1. The quantitative estimate of drug-likeness (QED) is 0.547. The Balaban J connectivity index is 1.66. The number of hydrogen-bond donors (Lipinski definition) is 0. The summed E-state index contributed by atoms with van der Waals surface area (Å²) < 4.78 is 12.0. The van der Waals surface area contributed by atoms with Crippen molar-refractivity contribution in [2.45, 2.75) is 6.61 Å². The van der Waals surface area contributed by atoms with Crippen LogP contribution in [0.25, 0.3) is 11.4 Å². The van der Waals surface area contributed by atoms with Gasteiger partial charge in [-0.2, -0.15) is 4.98 Å². The molecule has 0 radical (unpaired) electrons. The highest BCUT2D eigenvalue weighted by Crippen LogP contribution is 2.23. The van der Waals surface area contributed by atoms with Gasteiger partial charge in [-0.3, -0.25) is 0 Å². The van der Waals surface area contributed by atoms with Crippen LogP contribution in [0.1, 0.15) is 15.6 Å². The zero-order valence-electron chi connectivity index (χ0n) is 11.0. The minimum absolute atomic E-state index is 0.0602. The summed E-state index contributed by atoms with van der Waals surface area (Å²) in [6.45, 7) is -0.0602. The van der Waals surface area contributed by atoms with Gasteiger partial charge in [0.15, 0.2) is 6.61 Å². The van der Waals surface area contributed by atoms with Gasteiger partial charge in [0.2, 0.25) is 5.82 Å². The molecule has 112 valence electrons. The van der Waals surface area contributed by atoms with Crippen molar-refractivity contribution >= 4 is 49.2 Å². The van der Waals surface area contributed by atoms with E-state index >= 15 is 0 Å². The monoisotopic (exact) mass is 442 g/mol. The van der Waals surface area contributed by atoms with Crippen LogP contribution in [0.4, 0.5) is 0 Å². The van der Waals surface area contributed by atoms with E-state index in [0.717, 1.165) is 13.8 Å². The van der Waals surface area contributed by atoms with Crippen molar-refractivity contribution < 1.29 is 14.1 Å². The maximum absolute atomic E-state index is 11.8. The third-order valence-electron chi connectivity index (χ3n) is 2.65. The minimum Gasteiger partial charge on any atom is -0.451 e. The molecule has 0 fully saturated rings. The highest BCUT2D eigenvalue weighted by molar-refractivity contribution is 9.11. The third kappa shape index (κ3) is 3.63. The van der Waals surface area contributed by atoms with Crippen LogP contribution in [0.2, 0.25) is 0 Å². The number of aromatic nitrogens is 2. The zero-order valence-corrected chi connectivity index (χ0v) is 14.9. The molecule has 3 rings (SSSR count). The van der Waals surface area contributed by atoms with Crippen LogP contribution < -0.4 is 0 Å². The molecule has 0 N–H and O–H groups in total. The Bertz CT molecular complexity index is 816. The Hall–Kier alpha value is -1.51. The topological polar surface area (TPSA) is 65.2 Å². The lowest BCUT2D eigenvalue weighted by atomic mass is 10.2. The van der Waals surface area contributed by atoms with Gasteiger partial charge in [-0.25, -0.2) is 4.79 Å². The number of ether oxygens (including phenoxy) is 1. The molecular weight excluding hydrogens is 436 g/mol. The van der Waals surface area contributed by atoms with Gasteiger partial charge in [-0.05, 0) is 40.2 Å².